The second-order valence-corrected chi connectivity index (χ2v) is 9.02. The normalized spacial score (nSPS) is 25.0. The van der Waals surface area contributed by atoms with Gasteiger partial charge in [-0.05, 0) is 25.3 Å². The number of urea groups is 1. The minimum absolute atomic E-state index is 0.0223. The van der Waals surface area contributed by atoms with E-state index in [1.165, 1.54) is 0 Å². The van der Waals surface area contributed by atoms with Crippen LogP contribution < -0.4 is 0 Å². The quantitative estimate of drug-likeness (QED) is 0.759. The van der Waals surface area contributed by atoms with Gasteiger partial charge in [-0.25, -0.2) is 4.79 Å². The highest BCUT2D eigenvalue weighted by atomic mass is 16.2. The molecule has 7 nitrogen and oxygen atoms in total. The molecular formula is C23H32N4O3. The van der Waals surface area contributed by atoms with E-state index < -0.39 is 0 Å². The van der Waals surface area contributed by atoms with Crippen LogP contribution >= 0.6 is 0 Å². The van der Waals surface area contributed by atoms with Crippen molar-refractivity contribution < 1.29 is 14.4 Å². The van der Waals surface area contributed by atoms with Crippen molar-refractivity contribution in [3.63, 3.8) is 0 Å². The molecule has 0 unspecified atom stereocenters. The van der Waals surface area contributed by atoms with E-state index in [0.29, 0.717) is 39.1 Å². The first-order valence-corrected chi connectivity index (χ1v) is 11.0. The first-order valence-electron chi connectivity index (χ1n) is 11.0. The molecule has 0 bridgehead atoms. The van der Waals surface area contributed by atoms with Crippen molar-refractivity contribution in [1.29, 1.82) is 0 Å². The van der Waals surface area contributed by atoms with Gasteiger partial charge in [0.05, 0.1) is 17.9 Å². The monoisotopic (exact) mass is 412 g/mol. The minimum atomic E-state index is -0.235. The Morgan fingerprint density at radius 1 is 1.07 bits per heavy atom. The maximum absolute atomic E-state index is 13.2. The molecule has 4 rings (SSSR count). The molecule has 1 aromatic rings. The number of piperidine rings is 1. The maximum Gasteiger partial charge on any atom is 0.319 e. The highest BCUT2D eigenvalue weighted by molar-refractivity contribution is 5.86. The zero-order chi connectivity index (χ0) is 21.5. The average Bonchev–Trinajstić information content (AvgIpc) is 3.27. The van der Waals surface area contributed by atoms with E-state index in [2.05, 4.69) is 4.90 Å². The fourth-order valence-electron chi connectivity index (χ4n) is 5.79. The summed E-state index contributed by atoms with van der Waals surface area (Å²) in [5.41, 5.74) is 0.796. The maximum atomic E-state index is 13.2. The summed E-state index contributed by atoms with van der Waals surface area (Å²) in [6.45, 7) is 5.19. The van der Waals surface area contributed by atoms with Gasteiger partial charge in [0, 0.05) is 52.7 Å². The number of fused-ring (bicyclic) bond motifs is 2. The van der Waals surface area contributed by atoms with Crippen LogP contribution in [0.4, 0.5) is 4.79 Å². The first-order chi connectivity index (χ1) is 14.4. The van der Waals surface area contributed by atoms with Crippen molar-refractivity contribution in [3.05, 3.63) is 35.9 Å². The molecule has 0 saturated carbocycles. The zero-order valence-electron chi connectivity index (χ0n) is 18.2. The second-order valence-electron chi connectivity index (χ2n) is 9.02. The highest BCUT2D eigenvalue weighted by Crippen LogP contribution is 2.49. The van der Waals surface area contributed by atoms with Crippen molar-refractivity contribution in [2.45, 2.75) is 31.7 Å². The van der Waals surface area contributed by atoms with Crippen LogP contribution in [0.15, 0.2) is 30.3 Å². The summed E-state index contributed by atoms with van der Waals surface area (Å²) < 4.78 is 0. The number of benzene rings is 1. The number of carbonyl (C=O) groups is 3. The van der Waals surface area contributed by atoms with Crippen LogP contribution in [-0.2, 0) is 16.0 Å². The molecule has 3 saturated heterocycles. The zero-order valence-corrected chi connectivity index (χ0v) is 18.2. The molecule has 3 fully saturated rings. The smallest absolute Gasteiger partial charge is 0.319 e. The molecule has 1 aromatic carbocycles. The van der Waals surface area contributed by atoms with Crippen molar-refractivity contribution in [2.75, 3.05) is 46.8 Å². The lowest BCUT2D eigenvalue weighted by Gasteiger charge is -2.47. The Morgan fingerprint density at radius 3 is 2.33 bits per heavy atom. The van der Waals surface area contributed by atoms with Crippen LogP contribution in [0.1, 0.15) is 25.3 Å². The van der Waals surface area contributed by atoms with E-state index >= 15 is 0 Å². The Bertz CT molecular complexity index is 817. The van der Waals surface area contributed by atoms with Gasteiger partial charge in [0.1, 0.15) is 0 Å². The molecule has 0 aromatic heterocycles. The molecule has 162 valence electrons. The molecule has 4 amide bonds. The fourth-order valence-corrected chi connectivity index (χ4v) is 5.79. The SMILES string of the molecule is CCN1C(=O)[C@H]2CN(C(=O)N(C)C)C[C@H]2C12CCN(C(=O)Cc1ccccc1)CC2. The predicted molar refractivity (Wildman–Crippen MR) is 114 cm³/mol. The average molecular weight is 413 g/mol. The van der Waals surface area contributed by atoms with Gasteiger partial charge in [-0.3, -0.25) is 9.59 Å². The molecule has 3 aliphatic rings. The summed E-state index contributed by atoms with van der Waals surface area (Å²) in [4.78, 5) is 45.9. The van der Waals surface area contributed by atoms with E-state index in [1.54, 1.807) is 19.0 Å². The Morgan fingerprint density at radius 2 is 1.73 bits per heavy atom. The first kappa shape index (κ1) is 20.7. The number of likely N-dealkylation sites (tertiary alicyclic amines) is 3. The van der Waals surface area contributed by atoms with Crippen LogP contribution in [0.5, 0.6) is 0 Å². The van der Waals surface area contributed by atoms with Gasteiger partial charge in [-0.1, -0.05) is 30.3 Å². The lowest BCUT2D eigenvalue weighted by molar-refractivity contribution is -0.137. The third-order valence-corrected chi connectivity index (χ3v) is 7.28. The Hall–Kier alpha value is -2.57. The van der Waals surface area contributed by atoms with Gasteiger partial charge in [0.25, 0.3) is 0 Å². The van der Waals surface area contributed by atoms with Crippen molar-refractivity contribution >= 4 is 17.8 Å². The van der Waals surface area contributed by atoms with Gasteiger partial charge in [0.2, 0.25) is 11.8 Å². The summed E-state index contributed by atoms with van der Waals surface area (Å²) in [5.74, 6) is 0.372. The molecular weight excluding hydrogens is 380 g/mol. The van der Waals surface area contributed by atoms with Gasteiger partial charge in [-0.2, -0.15) is 0 Å². The van der Waals surface area contributed by atoms with Crippen LogP contribution in [0.2, 0.25) is 0 Å². The van der Waals surface area contributed by atoms with E-state index in [-0.39, 0.29) is 35.2 Å². The summed E-state index contributed by atoms with van der Waals surface area (Å²) in [6, 6.07) is 9.81. The van der Waals surface area contributed by atoms with E-state index in [0.717, 1.165) is 18.4 Å². The van der Waals surface area contributed by atoms with Crippen molar-refractivity contribution in [3.8, 4) is 0 Å². The molecule has 3 heterocycles. The highest BCUT2D eigenvalue weighted by Gasteiger charge is 2.61. The Labute approximate surface area is 178 Å². The largest absolute Gasteiger partial charge is 0.342 e. The number of hydrogen-bond donors (Lipinski definition) is 0. The Kier molecular flexibility index (Phi) is 5.47. The molecule has 2 atom stereocenters. The van der Waals surface area contributed by atoms with Gasteiger partial charge in [-0.15, -0.1) is 0 Å². The number of nitrogens with zero attached hydrogens (tertiary/aromatic N) is 4. The number of carbonyl (C=O) groups excluding carboxylic acids is 3. The Balaban J connectivity index is 1.47. The summed E-state index contributed by atoms with van der Waals surface area (Å²) in [7, 11) is 3.51. The number of hydrogen-bond acceptors (Lipinski definition) is 3. The minimum Gasteiger partial charge on any atom is -0.342 e. The number of amides is 4. The molecule has 0 radical (unpaired) electrons. The molecule has 3 aliphatic heterocycles. The third-order valence-electron chi connectivity index (χ3n) is 7.28. The van der Waals surface area contributed by atoms with Gasteiger partial charge in [0.15, 0.2) is 0 Å². The fraction of sp³-hybridized carbons (Fsp3) is 0.609. The lowest BCUT2D eigenvalue weighted by Crippen LogP contribution is -2.58. The van der Waals surface area contributed by atoms with Crippen LogP contribution in [0.25, 0.3) is 0 Å². The molecule has 30 heavy (non-hydrogen) atoms. The molecule has 0 aliphatic carbocycles. The number of rotatable bonds is 3. The van der Waals surface area contributed by atoms with Crippen LogP contribution in [0, 0.1) is 11.8 Å². The topological polar surface area (TPSA) is 64.2 Å². The predicted octanol–water partition coefficient (Wildman–Crippen LogP) is 1.68. The van der Waals surface area contributed by atoms with Crippen molar-refractivity contribution in [1.82, 2.24) is 19.6 Å². The molecule has 1 spiro atoms. The van der Waals surface area contributed by atoms with Crippen LogP contribution in [-0.4, -0.2) is 89.8 Å². The molecule has 7 heteroatoms. The van der Waals surface area contributed by atoms with E-state index in [9.17, 15) is 14.4 Å². The van der Waals surface area contributed by atoms with Crippen molar-refractivity contribution in [2.24, 2.45) is 11.8 Å². The summed E-state index contributed by atoms with van der Waals surface area (Å²) in [6.07, 6.45) is 2.00. The second kappa shape index (κ2) is 7.93. The molecule has 0 N–H and O–H groups in total. The van der Waals surface area contributed by atoms with Gasteiger partial charge >= 0.3 is 6.03 Å². The van der Waals surface area contributed by atoms with E-state index in [4.69, 9.17) is 0 Å². The van der Waals surface area contributed by atoms with Crippen LogP contribution in [0.3, 0.4) is 0 Å². The third kappa shape index (κ3) is 3.34. The summed E-state index contributed by atoms with van der Waals surface area (Å²) in [5, 5.41) is 0. The van der Waals surface area contributed by atoms with E-state index in [1.807, 2.05) is 47.1 Å². The summed E-state index contributed by atoms with van der Waals surface area (Å²) >= 11 is 0. The van der Waals surface area contributed by atoms with Gasteiger partial charge < -0.3 is 19.6 Å². The lowest BCUT2D eigenvalue weighted by atomic mass is 9.74. The standard InChI is InChI=1S/C23H32N4O3/c1-4-27-21(29)18-15-26(22(30)24(2)3)16-19(18)23(27)10-12-25(13-11-23)20(28)14-17-8-6-5-7-9-17/h5-9,18-19H,4,10-16H2,1-3H3/t18-,19+/m0/s1.